The minimum Gasteiger partial charge on any atom is -0.366 e. The molecule has 0 bridgehead atoms. The minimum absolute atomic E-state index is 0.254. The van der Waals surface area contributed by atoms with Gasteiger partial charge >= 0.3 is 0 Å². The Kier molecular flexibility index (Phi) is 3.95. The number of aromatic amines is 1. The zero-order chi connectivity index (χ0) is 13.0. The molecular weight excluding hydrogens is 272 g/mol. The molecule has 0 spiro atoms. The second kappa shape index (κ2) is 5.47. The van der Waals surface area contributed by atoms with Gasteiger partial charge in [-0.1, -0.05) is 6.07 Å². The summed E-state index contributed by atoms with van der Waals surface area (Å²) in [6.07, 6.45) is 3.20. The van der Waals surface area contributed by atoms with Crippen molar-refractivity contribution in [1.29, 1.82) is 0 Å². The molecule has 5 nitrogen and oxygen atoms in total. The molecule has 0 aromatic carbocycles. The van der Waals surface area contributed by atoms with Crippen LogP contribution >= 0.6 is 11.3 Å². The number of hydrogen-bond acceptors (Lipinski definition) is 4. The zero-order valence-electron chi connectivity index (χ0n) is 9.42. The lowest BCUT2D eigenvalue weighted by molar-refractivity contribution is 0.580. The molecule has 0 aliphatic carbocycles. The van der Waals surface area contributed by atoms with E-state index in [1.54, 1.807) is 11.3 Å². The second-order valence-electron chi connectivity index (χ2n) is 3.60. The molecule has 2 aromatic heterocycles. The maximum absolute atomic E-state index is 11.9. The van der Waals surface area contributed by atoms with Gasteiger partial charge in [-0.25, -0.2) is 13.1 Å². The third-order valence-corrected chi connectivity index (χ3v) is 4.74. The smallest absolute Gasteiger partial charge is 0.245 e. The Balaban J connectivity index is 2.04. The summed E-state index contributed by atoms with van der Waals surface area (Å²) in [5.41, 5.74) is -0.516. The molecule has 2 N–H and O–H groups in total. The van der Waals surface area contributed by atoms with Crippen molar-refractivity contribution < 1.29 is 8.42 Å². The maximum atomic E-state index is 11.9. The summed E-state index contributed by atoms with van der Waals surface area (Å²) < 4.78 is 26.1. The third-order valence-electron chi connectivity index (χ3n) is 2.32. The Morgan fingerprint density at radius 1 is 1.33 bits per heavy atom. The second-order valence-corrected chi connectivity index (χ2v) is 6.37. The molecule has 0 unspecified atom stereocenters. The van der Waals surface area contributed by atoms with Crippen LogP contribution in [0.4, 0.5) is 0 Å². The van der Waals surface area contributed by atoms with E-state index in [-0.39, 0.29) is 11.4 Å². The van der Waals surface area contributed by atoms with E-state index in [1.807, 2.05) is 17.5 Å². The normalized spacial score (nSPS) is 11.6. The van der Waals surface area contributed by atoms with E-state index >= 15 is 0 Å². The fourth-order valence-electron chi connectivity index (χ4n) is 1.45. The Labute approximate surface area is 109 Å². The molecule has 0 aliphatic rings. The van der Waals surface area contributed by atoms with E-state index in [0.717, 1.165) is 4.88 Å². The van der Waals surface area contributed by atoms with Crippen LogP contribution in [-0.2, 0) is 16.4 Å². The third kappa shape index (κ3) is 3.06. The number of H-pyrrole nitrogens is 1. The van der Waals surface area contributed by atoms with Crippen molar-refractivity contribution in [3.8, 4) is 0 Å². The Bertz CT molecular complexity index is 660. The minimum atomic E-state index is -3.73. The first-order valence-corrected chi connectivity index (χ1v) is 7.65. The summed E-state index contributed by atoms with van der Waals surface area (Å²) in [7, 11) is -3.73. The highest BCUT2D eigenvalue weighted by Crippen LogP contribution is 2.08. The lowest BCUT2D eigenvalue weighted by atomic mass is 10.3. The number of sulfonamides is 1. The van der Waals surface area contributed by atoms with E-state index in [0.29, 0.717) is 6.42 Å². The van der Waals surface area contributed by atoms with Crippen molar-refractivity contribution in [3.05, 3.63) is 51.1 Å². The molecule has 2 aromatic rings. The highest BCUT2D eigenvalue weighted by atomic mass is 32.2. The standard InChI is InChI=1S/C11H12N2O3S2/c14-10-4-5-12-8-11(10)18(15,16)13-6-3-9-2-1-7-17-9/h1-2,4-5,7-8,13H,3,6H2,(H,12,14). The SMILES string of the molecule is O=c1cc[nH]cc1S(=O)(=O)NCCc1cccs1. The predicted molar refractivity (Wildman–Crippen MR) is 70.3 cm³/mol. The van der Waals surface area contributed by atoms with Crippen molar-refractivity contribution in [2.45, 2.75) is 11.3 Å². The van der Waals surface area contributed by atoms with Gasteiger partial charge < -0.3 is 4.98 Å². The van der Waals surface area contributed by atoms with Gasteiger partial charge in [0.25, 0.3) is 0 Å². The van der Waals surface area contributed by atoms with Crippen LogP contribution in [-0.4, -0.2) is 19.9 Å². The summed E-state index contributed by atoms with van der Waals surface area (Å²) in [5, 5.41) is 1.94. The molecule has 0 atom stereocenters. The van der Waals surface area contributed by atoms with Gasteiger partial charge in [-0.2, -0.15) is 0 Å². The zero-order valence-corrected chi connectivity index (χ0v) is 11.1. The lowest BCUT2D eigenvalue weighted by Crippen LogP contribution is -2.29. The van der Waals surface area contributed by atoms with Crippen molar-refractivity contribution in [1.82, 2.24) is 9.71 Å². The number of pyridine rings is 1. The number of aromatic nitrogens is 1. The summed E-state index contributed by atoms with van der Waals surface area (Å²) in [5.74, 6) is 0. The van der Waals surface area contributed by atoms with Crippen molar-refractivity contribution >= 4 is 21.4 Å². The van der Waals surface area contributed by atoms with Crippen LogP contribution in [0.25, 0.3) is 0 Å². The van der Waals surface area contributed by atoms with Gasteiger partial charge in [-0.3, -0.25) is 4.79 Å². The highest BCUT2D eigenvalue weighted by molar-refractivity contribution is 7.89. The molecule has 0 saturated carbocycles. The molecule has 0 saturated heterocycles. The van der Waals surface area contributed by atoms with Crippen LogP contribution in [0, 0.1) is 0 Å². The fraction of sp³-hybridized carbons (Fsp3) is 0.182. The molecule has 2 heterocycles. The van der Waals surface area contributed by atoms with Crippen molar-refractivity contribution in [3.63, 3.8) is 0 Å². The van der Waals surface area contributed by atoms with Crippen LogP contribution < -0.4 is 10.2 Å². The van der Waals surface area contributed by atoms with Crippen molar-refractivity contribution in [2.24, 2.45) is 0 Å². The molecule has 0 aliphatic heterocycles. The molecule has 2 rings (SSSR count). The average Bonchev–Trinajstić information content (AvgIpc) is 2.82. The number of hydrogen-bond donors (Lipinski definition) is 2. The molecule has 0 fully saturated rings. The van der Waals surface area contributed by atoms with Gasteiger partial charge in [0, 0.05) is 29.9 Å². The lowest BCUT2D eigenvalue weighted by Gasteiger charge is -2.04. The molecule has 18 heavy (non-hydrogen) atoms. The molecule has 7 heteroatoms. The quantitative estimate of drug-likeness (QED) is 0.858. The first-order chi connectivity index (χ1) is 8.59. The number of thiophene rings is 1. The molecule has 0 amide bonds. The van der Waals surface area contributed by atoms with Crippen LogP contribution in [0.15, 0.2) is 45.7 Å². The summed E-state index contributed by atoms with van der Waals surface area (Å²) in [6.45, 7) is 0.275. The van der Waals surface area contributed by atoms with E-state index < -0.39 is 15.5 Å². The summed E-state index contributed by atoms with van der Waals surface area (Å²) in [4.78, 5) is 14.9. The van der Waals surface area contributed by atoms with Gasteiger partial charge in [0.2, 0.25) is 15.5 Å². The van der Waals surface area contributed by atoms with E-state index in [1.165, 1.54) is 18.5 Å². The van der Waals surface area contributed by atoms with Gasteiger partial charge in [-0.15, -0.1) is 11.3 Å². The Morgan fingerprint density at radius 3 is 2.83 bits per heavy atom. The average molecular weight is 284 g/mol. The van der Waals surface area contributed by atoms with Crippen molar-refractivity contribution in [2.75, 3.05) is 6.54 Å². The van der Waals surface area contributed by atoms with E-state index in [4.69, 9.17) is 0 Å². The monoisotopic (exact) mass is 284 g/mol. The fourth-order valence-corrected chi connectivity index (χ4v) is 3.24. The van der Waals surface area contributed by atoms with E-state index in [2.05, 4.69) is 9.71 Å². The Hall–Kier alpha value is -1.44. The predicted octanol–water partition coefficient (Wildman–Crippen LogP) is 0.957. The Morgan fingerprint density at radius 2 is 2.17 bits per heavy atom. The van der Waals surface area contributed by atoms with Gasteiger partial charge in [0.1, 0.15) is 4.90 Å². The van der Waals surface area contributed by atoms with Gasteiger partial charge in [0.15, 0.2) is 0 Å². The largest absolute Gasteiger partial charge is 0.366 e. The first kappa shape index (κ1) is 13.0. The van der Waals surface area contributed by atoms with Gasteiger partial charge in [0.05, 0.1) is 0 Å². The van der Waals surface area contributed by atoms with Crippen LogP contribution in [0.5, 0.6) is 0 Å². The van der Waals surface area contributed by atoms with E-state index in [9.17, 15) is 13.2 Å². The van der Waals surface area contributed by atoms with Gasteiger partial charge in [-0.05, 0) is 17.9 Å². The van der Waals surface area contributed by atoms with Crippen LogP contribution in [0.2, 0.25) is 0 Å². The number of rotatable bonds is 5. The molecule has 96 valence electrons. The molecule has 0 radical (unpaired) electrons. The molecular formula is C11H12N2O3S2. The summed E-state index contributed by atoms with van der Waals surface area (Å²) in [6, 6.07) is 5.04. The topological polar surface area (TPSA) is 79.0 Å². The van der Waals surface area contributed by atoms with Crippen LogP contribution in [0.3, 0.4) is 0 Å². The highest BCUT2D eigenvalue weighted by Gasteiger charge is 2.16. The first-order valence-electron chi connectivity index (χ1n) is 5.29. The number of nitrogens with one attached hydrogen (secondary N) is 2. The maximum Gasteiger partial charge on any atom is 0.245 e. The summed E-state index contributed by atoms with van der Waals surface area (Å²) >= 11 is 1.57. The van der Waals surface area contributed by atoms with Crippen LogP contribution in [0.1, 0.15) is 4.88 Å².